The highest BCUT2D eigenvalue weighted by Crippen LogP contribution is 2.31. The summed E-state index contributed by atoms with van der Waals surface area (Å²) in [6.45, 7) is 5.48. The molecule has 0 fully saturated rings. The average molecular weight is 621 g/mol. The summed E-state index contributed by atoms with van der Waals surface area (Å²) in [4.78, 5) is 28.2. The minimum Gasteiger partial charge on any atom is -0.354 e. The Morgan fingerprint density at radius 3 is 2.24 bits per heavy atom. The Morgan fingerprint density at radius 2 is 1.63 bits per heavy atom. The third kappa shape index (κ3) is 7.36. The van der Waals surface area contributed by atoms with E-state index in [2.05, 4.69) is 21.2 Å². The molecule has 1 atom stereocenters. The van der Waals surface area contributed by atoms with Crippen LogP contribution in [0, 0.1) is 6.92 Å². The van der Waals surface area contributed by atoms with Crippen molar-refractivity contribution in [1.29, 1.82) is 0 Å². The van der Waals surface area contributed by atoms with Crippen LogP contribution in [0.3, 0.4) is 0 Å². The zero-order valence-electron chi connectivity index (χ0n) is 21.5. The number of halogens is 2. The number of carbonyl (C=O) groups is 2. The third-order valence-corrected chi connectivity index (χ3v) is 8.61. The molecule has 3 aromatic rings. The van der Waals surface area contributed by atoms with Crippen molar-refractivity contribution in [3.8, 4) is 0 Å². The Kier molecular flexibility index (Phi) is 10.4. The van der Waals surface area contributed by atoms with Gasteiger partial charge in [-0.25, -0.2) is 8.42 Å². The molecule has 0 spiro atoms. The van der Waals surface area contributed by atoms with Crippen LogP contribution < -0.4 is 9.62 Å². The van der Waals surface area contributed by atoms with Gasteiger partial charge in [0.05, 0.1) is 15.6 Å². The van der Waals surface area contributed by atoms with Crippen molar-refractivity contribution in [3.63, 3.8) is 0 Å². The molecule has 38 heavy (non-hydrogen) atoms. The summed E-state index contributed by atoms with van der Waals surface area (Å²) in [6, 6.07) is 19.4. The summed E-state index contributed by atoms with van der Waals surface area (Å²) in [7, 11) is -4.17. The Labute approximate surface area is 238 Å². The van der Waals surface area contributed by atoms with Crippen LogP contribution in [0.25, 0.3) is 0 Å². The number of nitrogens with one attached hydrogen (secondary N) is 1. The van der Waals surface area contributed by atoms with Gasteiger partial charge >= 0.3 is 0 Å². The third-order valence-electron chi connectivity index (χ3n) is 5.99. The fourth-order valence-corrected chi connectivity index (χ4v) is 5.76. The Bertz CT molecular complexity index is 1370. The lowest BCUT2D eigenvalue weighted by molar-refractivity contribution is -0.139. The molecule has 1 unspecified atom stereocenters. The highest BCUT2D eigenvalue weighted by atomic mass is 79.9. The second-order valence-electron chi connectivity index (χ2n) is 8.89. The van der Waals surface area contributed by atoms with Gasteiger partial charge in [-0.3, -0.25) is 13.9 Å². The number of para-hydroxylation sites is 1. The van der Waals surface area contributed by atoms with Crippen LogP contribution in [0.2, 0.25) is 5.02 Å². The van der Waals surface area contributed by atoms with Gasteiger partial charge in [0.2, 0.25) is 11.8 Å². The number of amides is 2. The van der Waals surface area contributed by atoms with E-state index in [9.17, 15) is 18.0 Å². The fourth-order valence-electron chi connectivity index (χ4n) is 3.77. The van der Waals surface area contributed by atoms with Gasteiger partial charge in [-0.05, 0) is 62.2 Å². The van der Waals surface area contributed by atoms with Gasteiger partial charge in [0.1, 0.15) is 12.6 Å². The van der Waals surface area contributed by atoms with E-state index < -0.39 is 28.5 Å². The van der Waals surface area contributed by atoms with E-state index in [1.165, 1.54) is 17.0 Å². The first-order valence-corrected chi connectivity index (χ1v) is 14.8. The smallest absolute Gasteiger partial charge is 0.264 e. The summed E-state index contributed by atoms with van der Waals surface area (Å²) >= 11 is 9.82. The van der Waals surface area contributed by atoms with Crippen LogP contribution in [0.4, 0.5) is 5.69 Å². The SMILES string of the molecule is CCCNC(=O)C(C)N(Cc1ccc(Br)cc1)C(=O)CN(c1ccccc1Cl)S(=O)(=O)c1ccc(C)cc1. The number of benzene rings is 3. The summed E-state index contributed by atoms with van der Waals surface area (Å²) in [6.07, 6.45) is 0.744. The van der Waals surface area contributed by atoms with E-state index in [1.54, 1.807) is 43.3 Å². The van der Waals surface area contributed by atoms with Gasteiger partial charge in [-0.15, -0.1) is 0 Å². The van der Waals surface area contributed by atoms with Crippen molar-refractivity contribution in [2.24, 2.45) is 0 Å². The second kappa shape index (κ2) is 13.3. The summed E-state index contributed by atoms with van der Waals surface area (Å²) < 4.78 is 29.5. The van der Waals surface area contributed by atoms with E-state index in [0.717, 1.165) is 26.3 Å². The summed E-state index contributed by atoms with van der Waals surface area (Å²) in [5.41, 5.74) is 1.87. The topological polar surface area (TPSA) is 86.8 Å². The van der Waals surface area contributed by atoms with Gasteiger partial charge in [0.25, 0.3) is 10.0 Å². The molecular formula is C28H31BrClN3O4S. The Morgan fingerprint density at radius 1 is 1.00 bits per heavy atom. The Hall–Kier alpha value is -2.88. The number of hydrogen-bond acceptors (Lipinski definition) is 4. The molecule has 3 rings (SSSR count). The molecule has 0 aliphatic carbocycles. The average Bonchev–Trinajstić information content (AvgIpc) is 2.90. The minimum absolute atomic E-state index is 0.0315. The predicted octanol–water partition coefficient (Wildman–Crippen LogP) is 5.55. The van der Waals surface area contributed by atoms with Crippen molar-refractivity contribution >= 4 is 55.1 Å². The lowest BCUT2D eigenvalue weighted by Gasteiger charge is -2.32. The highest BCUT2D eigenvalue weighted by molar-refractivity contribution is 9.10. The van der Waals surface area contributed by atoms with E-state index >= 15 is 0 Å². The molecule has 202 valence electrons. The monoisotopic (exact) mass is 619 g/mol. The summed E-state index contributed by atoms with van der Waals surface area (Å²) in [5, 5.41) is 3.01. The van der Waals surface area contributed by atoms with Crippen LogP contribution in [-0.2, 0) is 26.2 Å². The number of carbonyl (C=O) groups excluding carboxylic acids is 2. The normalized spacial score (nSPS) is 12.0. The molecule has 0 saturated carbocycles. The van der Waals surface area contributed by atoms with Crippen LogP contribution >= 0.6 is 27.5 Å². The molecule has 0 radical (unpaired) electrons. The molecule has 0 saturated heterocycles. The van der Waals surface area contributed by atoms with Crippen LogP contribution in [-0.4, -0.2) is 44.3 Å². The molecule has 10 heteroatoms. The molecule has 1 N–H and O–H groups in total. The molecule has 0 aliphatic heterocycles. The molecule has 0 aromatic heterocycles. The van der Waals surface area contributed by atoms with E-state index in [0.29, 0.717) is 6.54 Å². The quantitative estimate of drug-likeness (QED) is 0.305. The van der Waals surface area contributed by atoms with Gasteiger partial charge in [-0.1, -0.05) is 76.4 Å². The van der Waals surface area contributed by atoms with Crippen LogP contribution in [0.1, 0.15) is 31.4 Å². The fraction of sp³-hybridized carbons (Fsp3) is 0.286. The van der Waals surface area contributed by atoms with Gasteiger partial charge < -0.3 is 10.2 Å². The van der Waals surface area contributed by atoms with Crippen molar-refractivity contribution in [1.82, 2.24) is 10.2 Å². The van der Waals surface area contributed by atoms with Gasteiger partial charge in [0.15, 0.2) is 0 Å². The molecular weight excluding hydrogens is 590 g/mol. The number of aryl methyl sites for hydroxylation is 1. The van der Waals surface area contributed by atoms with E-state index in [-0.39, 0.29) is 28.1 Å². The molecule has 3 aromatic carbocycles. The molecule has 0 heterocycles. The standard InChI is InChI=1S/C28H31BrClN3O4S/c1-4-17-31-28(35)21(3)32(18-22-11-13-23(29)14-12-22)27(34)19-33(26-8-6-5-7-25(26)30)38(36,37)24-15-9-20(2)10-16-24/h5-16,21H,4,17-19H2,1-3H3,(H,31,35). The maximum Gasteiger partial charge on any atom is 0.264 e. The zero-order chi connectivity index (χ0) is 27.9. The maximum absolute atomic E-state index is 13.8. The largest absolute Gasteiger partial charge is 0.354 e. The number of anilines is 1. The zero-order valence-corrected chi connectivity index (χ0v) is 24.7. The predicted molar refractivity (Wildman–Crippen MR) is 155 cm³/mol. The lowest BCUT2D eigenvalue weighted by Crippen LogP contribution is -2.51. The van der Waals surface area contributed by atoms with Gasteiger partial charge in [-0.2, -0.15) is 0 Å². The van der Waals surface area contributed by atoms with Crippen molar-refractivity contribution in [2.45, 2.75) is 44.7 Å². The molecule has 0 bridgehead atoms. The number of nitrogens with zero attached hydrogens (tertiary/aromatic N) is 2. The van der Waals surface area contributed by atoms with E-state index in [4.69, 9.17) is 11.6 Å². The number of sulfonamides is 1. The maximum atomic E-state index is 13.8. The minimum atomic E-state index is -4.17. The first kappa shape index (κ1) is 29.7. The molecule has 0 aliphatic rings. The van der Waals surface area contributed by atoms with Crippen LogP contribution in [0.15, 0.2) is 82.2 Å². The first-order chi connectivity index (χ1) is 18.0. The second-order valence-corrected chi connectivity index (χ2v) is 12.1. The number of hydrogen-bond donors (Lipinski definition) is 1. The molecule has 2 amide bonds. The summed E-state index contributed by atoms with van der Waals surface area (Å²) in [5.74, 6) is -0.856. The van der Waals surface area contributed by atoms with Gasteiger partial charge in [0, 0.05) is 17.6 Å². The lowest BCUT2D eigenvalue weighted by atomic mass is 10.1. The van der Waals surface area contributed by atoms with Crippen molar-refractivity contribution in [3.05, 3.63) is 93.4 Å². The van der Waals surface area contributed by atoms with Crippen molar-refractivity contribution in [2.75, 3.05) is 17.4 Å². The molecule has 7 nitrogen and oxygen atoms in total. The highest BCUT2D eigenvalue weighted by Gasteiger charge is 2.33. The first-order valence-electron chi connectivity index (χ1n) is 12.2. The Balaban J connectivity index is 2.02. The van der Waals surface area contributed by atoms with Crippen molar-refractivity contribution < 1.29 is 18.0 Å². The number of rotatable bonds is 11. The van der Waals surface area contributed by atoms with E-state index in [1.807, 2.05) is 38.1 Å². The van der Waals surface area contributed by atoms with Crippen LogP contribution in [0.5, 0.6) is 0 Å².